The highest BCUT2D eigenvalue weighted by atomic mass is 19.1. The highest BCUT2D eigenvalue weighted by Gasteiger charge is 2.25. The Hall–Kier alpha value is -3.12. The Bertz CT molecular complexity index is 1000. The number of benzene rings is 3. The second-order valence-electron chi connectivity index (χ2n) is 8.50. The number of likely N-dealkylation sites (tertiary alicyclic amines) is 1. The average Bonchev–Trinajstić information content (AvgIpc) is 2.81. The Labute approximate surface area is 192 Å². The number of carbonyl (C=O) groups excluding carboxylic acids is 1. The first-order valence-electron chi connectivity index (χ1n) is 11.3. The lowest BCUT2D eigenvalue weighted by Crippen LogP contribution is -2.45. The Morgan fingerprint density at radius 3 is 1.91 bits per heavy atom. The van der Waals surface area contributed by atoms with Crippen LogP contribution in [0.1, 0.15) is 46.7 Å². The first-order valence-corrected chi connectivity index (χ1v) is 11.3. The fourth-order valence-corrected chi connectivity index (χ4v) is 4.53. The van der Waals surface area contributed by atoms with E-state index in [0.717, 1.165) is 26.1 Å². The van der Waals surface area contributed by atoms with Gasteiger partial charge in [0.25, 0.3) is 5.91 Å². The molecule has 0 bridgehead atoms. The molecule has 0 aromatic heterocycles. The molecule has 0 unspecified atom stereocenters. The van der Waals surface area contributed by atoms with Crippen molar-refractivity contribution >= 4 is 5.91 Å². The Balaban J connectivity index is 1.32. The normalized spacial score (nSPS) is 15.0. The third-order valence-electron chi connectivity index (χ3n) is 6.29. The summed E-state index contributed by atoms with van der Waals surface area (Å²) >= 11 is 0. The van der Waals surface area contributed by atoms with Gasteiger partial charge in [-0.1, -0.05) is 60.7 Å². The van der Waals surface area contributed by atoms with Crippen molar-refractivity contribution in [3.05, 3.63) is 107 Å². The second kappa shape index (κ2) is 10.7. The topological polar surface area (TPSA) is 32.3 Å². The van der Waals surface area contributed by atoms with Gasteiger partial charge in [-0.25, -0.2) is 13.2 Å². The molecular formula is C27H27F3N2O. The van der Waals surface area contributed by atoms with Gasteiger partial charge in [0, 0.05) is 37.2 Å². The maximum absolute atomic E-state index is 13.9. The first-order chi connectivity index (χ1) is 16.0. The van der Waals surface area contributed by atoms with Crippen LogP contribution in [0.5, 0.6) is 0 Å². The van der Waals surface area contributed by atoms with Crippen LogP contribution >= 0.6 is 0 Å². The van der Waals surface area contributed by atoms with E-state index in [1.54, 1.807) is 0 Å². The number of hydrogen-bond donors (Lipinski definition) is 1. The zero-order valence-corrected chi connectivity index (χ0v) is 18.3. The lowest BCUT2D eigenvalue weighted by Gasteiger charge is -2.33. The molecule has 0 aliphatic carbocycles. The number of piperidine rings is 1. The number of nitrogens with one attached hydrogen (secondary N) is 1. The van der Waals surface area contributed by atoms with Crippen molar-refractivity contribution in [1.29, 1.82) is 0 Å². The molecule has 1 aliphatic heterocycles. The maximum atomic E-state index is 13.9. The number of amides is 1. The lowest BCUT2D eigenvalue weighted by atomic mass is 9.88. The zero-order chi connectivity index (χ0) is 23.2. The summed E-state index contributed by atoms with van der Waals surface area (Å²) in [5.74, 6) is -3.95. The van der Waals surface area contributed by atoms with Crippen LogP contribution in [0.15, 0.2) is 72.8 Å². The molecule has 4 rings (SSSR count). The van der Waals surface area contributed by atoms with Gasteiger partial charge < -0.3 is 10.2 Å². The van der Waals surface area contributed by atoms with Gasteiger partial charge in [0.15, 0.2) is 0 Å². The molecule has 1 N–H and O–H groups in total. The van der Waals surface area contributed by atoms with E-state index >= 15 is 0 Å². The maximum Gasteiger partial charge on any atom is 0.257 e. The van der Waals surface area contributed by atoms with Crippen LogP contribution in [0.2, 0.25) is 0 Å². The van der Waals surface area contributed by atoms with Crippen LogP contribution in [0.3, 0.4) is 0 Å². The molecule has 1 fully saturated rings. The van der Waals surface area contributed by atoms with Crippen LogP contribution in [0, 0.1) is 17.5 Å². The van der Waals surface area contributed by atoms with Crippen LogP contribution in [-0.2, 0) is 0 Å². The van der Waals surface area contributed by atoms with E-state index in [1.807, 2.05) is 12.1 Å². The van der Waals surface area contributed by atoms with Crippen molar-refractivity contribution in [2.75, 3.05) is 19.6 Å². The van der Waals surface area contributed by atoms with Gasteiger partial charge in [-0.15, -0.1) is 0 Å². The zero-order valence-electron chi connectivity index (χ0n) is 18.3. The first kappa shape index (κ1) is 23.1. The molecule has 3 aromatic rings. The molecule has 1 saturated heterocycles. The van der Waals surface area contributed by atoms with Gasteiger partial charge in [0.2, 0.25) is 0 Å². The molecule has 0 saturated carbocycles. The van der Waals surface area contributed by atoms with Crippen molar-refractivity contribution in [3.8, 4) is 0 Å². The van der Waals surface area contributed by atoms with Gasteiger partial charge in [-0.05, 0) is 36.9 Å². The molecule has 1 aliphatic rings. The Morgan fingerprint density at radius 1 is 0.879 bits per heavy atom. The lowest BCUT2D eigenvalue weighted by molar-refractivity contribution is 0.0902. The van der Waals surface area contributed by atoms with Crippen LogP contribution < -0.4 is 5.32 Å². The van der Waals surface area contributed by atoms with Gasteiger partial charge in [0.1, 0.15) is 23.0 Å². The van der Waals surface area contributed by atoms with Crippen molar-refractivity contribution in [2.45, 2.75) is 31.2 Å². The average molecular weight is 453 g/mol. The summed E-state index contributed by atoms with van der Waals surface area (Å²) in [6.07, 6.45) is 2.35. The summed E-state index contributed by atoms with van der Waals surface area (Å²) in [7, 11) is 0. The van der Waals surface area contributed by atoms with Crippen LogP contribution in [0.25, 0.3) is 0 Å². The summed E-state index contributed by atoms with van der Waals surface area (Å²) < 4.78 is 40.9. The van der Waals surface area contributed by atoms with Gasteiger partial charge in [-0.3, -0.25) is 4.79 Å². The highest BCUT2D eigenvalue weighted by molar-refractivity contribution is 5.94. The largest absolute Gasteiger partial charge is 0.349 e. The van der Waals surface area contributed by atoms with Crippen molar-refractivity contribution in [1.82, 2.24) is 10.2 Å². The minimum Gasteiger partial charge on any atom is -0.349 e. The standard InChI is InChI=1S/C27H27F3N2O/c28-21-17-24(29)26(25(30)18-21)27(33)31-22-11-14-32(15-12-22)16-13-23(19-7-3-1-4-8-19)20-9-5-2-6-10-20/h1-10,17-18,22-23H,11-16H2,(H,31,33). The molecule has 1 amide bonds. The fourth-order valence-electron chi connectivity index (χ4n) is 4.53. The third-order valence-corrected chi connectivity index (χ3v) is 6.29. The van der Waals surface area contributed by atoms with E-state index in [-0.39, 0.29) is 6.04 Å². The molecule has 0 atom stereocenters. The Morgan fingerprint density at radius 2 is 1.39 bits per heavy atom. The summed E-state index contributed by atoms with van der Waals surface area (Å²) in [5, 5.41) is 2.71. The fraction of sp³-hybridized carbons (Fsp3) is 0.296. The van der Waals surface area contributed by atoms with Crippen molar-refractivity contribution < 1.29 is 18.0 Å². The molecule has 3 nitrogen and oxygen atoms in total. The minimum absolute atomic E-state index is 0.170. The summed E-state index contributed by atoms with van der Waals surface area (Å²) in [5.41, 5.74) is 1.84. The number of hydrogen-bond acceptors (Lipinski definition) is 2. The summed E-state index contributed by atoms with van der Waals surface area (Å²) in [6, 6.07) is 21.8. The molecule has 1 heterocycles. The third kappa shape index (κ3) is 5.82. The van der Waals surface area contributed by atoms with Crippen molar-refractivity contribution in [3.63, 3.8) is 0 Å². The SMILES string of the molecule is O=C(NC1CCN(CCC(c2ccccc2)c2ccccc2)CC1)c1c(F)cc(F)cc1F. The number of carbonyl (C=O) groups is 1. The monoisotopic (exact) mass is 452 g/mol. The number of halogens is 3. The van der Waals surface area contributed by atoms with Crippen LogP contribution in [0.4, 0.5) is 13.2 Å². The molecular weight excluding hydrogens is 425 g/mol. The van der Waals surface area contributed by atoms with Crippen LogP contribution in [-0.4, -0.2) is 36.5 Å². The van der Waals surface area contributed by atoms with E-state index in [0.29, 0.717) is 30.9 Å². The smallest absolute Gasteiger partial charge is 0.257 e. The minimum atomic E-state index is -1.18. The van der Waals surface area contributed by atoms with Crippen molar-refractivity contribution in [2.24, 2.45) is 0 Å². The van der Waals surface area contributed by atoms with E-state index in [2.05, 4.69) is 58.7 Å². The molecule has 0 spiro atoms. The molecule has 6 heteroatoms. The predicted octanol–water partition coefficient (Wildman–Crippen LogP) is 5.52. The van der Waals surface area contributed by atoms with Gasteiger partial charge in [0.05, 0.1) is 0 Å². The van der Waals surface area contributed by atoms with Gasteiger partial charge >= 0.3 is 0 Å². The van der Waals surface area contributed by atoms with E-state index < -0.39 is 28.9 Å². The number of rotatable bonds is 7. The number of nitrogens with zero attached hydrogens (tertiary/aromatic N) is 1. The highest BCUT2D eigenvalue weighted by Crippen LogP contribution is 2.28. The summed E-state index contributed by atoms with van der Waals surface area (Å²) in [6.45, 7) is 2.49. The van der Waals surface area contributed by atoms with E-state index in [1.165, 1.54) is 11.1 Å². The molecule has 33 heavy (non-hydrogen) atoms. The molecule has 172 valence electrons. The Kier molecular flexibility index (Phi) is 7.45. The second-order valence-corrected chi connectivity index (χ2v) is 8.50. The van der Waals surface area contributed by atoms with E-state index in [4.69, 9.17) is 0 Å². The van der Waals surface area contributed by atoms with Gasteiger partial charge in [-0.2, -0.15) is 0 Å². The quantitative estimate of drug-likeness (QED) is 0.512. The van der Waals surface area contributed by atoms with E-state index in [9.17, 15) is 18.0 Å². The predicted molar refractivity (Wildman–Crippen MR) is 123 cm³/mol. The summed E-state index contributed by atoms with van der Waals surface area (Å²) in [4.78, 5) is 14.7. The molecule has 0 radical (unpaired) electrons. The molecule has 3 aromatic carbocycles.